The predicted octanol–water partition coefficient (Wildman–Crippen LogP) is 1.58. The summed E-state index contributed by atoms with van der Waals surface area (Å²) in [5.41, 5.74) is -0.641. The Kier molecular flexibility index (Phi) is 5.68. The second kappa shape index (κ2) is 5.98. The highest BCUT2D eigenvalue weighted by Gasteiger charge is 2.22. The monoisotopic (exact) mass is 240 g/mol. The average molecular weight is 240 g/mol. The standard InChI is InChI=1S/C8H15FNO4P/c1-8(2,3)14-7(11)10-4-6(9)5-15(12)13/h6H,4-5H2,1-3H3,(H-,10,11,12,13)/p+1/t6-/m1/s1. The molecule has 0 saturated carbocycles. The molecule has 0 bridgehead atoms. The Morgan fingerprint density at radius 3 is 2.53 bits per heavy atom. The van der Waals surface area contributed by atoms with Gasteiger partial charge in [0.2, 0.25) is 6.16 Å². The number of carbonyl (C=O) groups excluding carboxylic acids is 1. The molecule has 0 aliphatic rings. The molecule has 1 unspecified atom stereocenters. The highest BCUT2D eigenvalue weighted by atomic mass is 31.1. The number of alkyl halides is 1. The Labute approximate surface area is 88.9 Å². The molecule has 0 spiro atoms. The molecular formula is C8H16FNO4P+. The molecule has 0 heterocycles. The number of hydrogen-bond donors (Lipinski definition) is 2. The van der Waals surface area contributed by atoms with E-state index < -0.39 is 32.1 Å². The van der Waals surface area contributed by atoms with Gasteiger partial charge >= 0.3 is 14.1 Å². The van der Waals surface area contributed by atoms with Crippen LogP contribution in [0, 0.1) is 0 Å². The number of carbonyl (C=O) groups is 1. The van der Waals surface area contributed by atoms with Crippen molar-refractivity contribution >= 4 is 14.1 Å². The molecule has 0 aliphatic heterocycles. The summed E-state index contributed by atoms with van der Waals surface area (Å²) >= 11 is 0. The first-order chi connectivity index (χ1) is 6.70. The van der Waals surface area contributed by atoms with Gasteiger partial charge in [0.05, 0.1) is 6.54 Å². The fourth-order valence-electron chi connectivity index (χ4n) is 0.742. The van der Waals surface area contributed by atoms with Gasteiger partial charge in [0.15, 0.2) is 6.17 Å². The van der Waals surface area contributed by atoms with Crippen molar-refractivity contribution < 1.29 is 23.4 Å². The number of halogens is 1. The van der Waals surface area contributed by atoms with E-state index >= 15 is 0 Å². The molecule has 0 aromatic rings. The van der Waals surface area contributed by atoms with Crippen molar-refractivity contribution in [1.82, 2.24) is 5.32 Å². The van der Waals surface area contributed by atoms with E-state index in [9.17, 15) is 13.8 Å². The van der Waals surface area contributed by atoms with Gasteiger partial charge in [-0.25, -0.2) is 9.18 Å². The van der Waals surface area contributed by atoms with Gasteiger partial charge in [-0.3, -0.25) is 0 Å². The maximum Gasteiger partial charge on any atom is 0.508 e. The molecule has 2 N–H and O–H groups in total. The molecule has 0 aliphatic carbocycles. The minimum absolute atomic E-state index is 0.323. The molecule has 15 heavy (non-hydrogen) atoms. The lowest BCUT2D eigenvalue weighted by Crippen LogP contribution is -2.36. The largest absolute Gasteiger partial charge is 0.508 e. The summed E-state index contributed by atoms with van der Waals surface area (Å²) in [5, 5.41) is 2.17. The highest BCUT2D eigenvalue weighted by molar-refractivity contribution is 7.38. The topological polar surface area (TPSA) is 75.6 Å². The van der Waals surface area contributed by atoms with Crippen LogP contribution >= 0.6 is 8.03 Å². The zero-order chi connectivity index (χ0) is 12.1. The van der Waals surface area contributed by atoms with Crippen LogP contribution in [0.5, 0.6) is 0 Å². The fraction of sp³-hybridized carbons (Fsp3) is 0.875. The molecule has 0 aromatic carbocycles. The Morgan fingerprint density at radius 1 is 1.60 bits per heavy atom. The Balaban J connectivity index is 3.76. The van der Waals surface area contributed by atoms with Crippen LogP contribution in [0.15, 0.2) is 0 Å². The molecule has 0 aromatic heterocycles. The van der Waals surface area contributed by atoms with Gasteiger partial charge in [-0.05, 0) is 25.3 Å². The van der Waals surface area contributed by atoms with Crippen LogP contribution in [0.1, 0.15) is 20.8 Å². The first-order valence-corrected chi connectivity index (χ1v) is 5.85. The molecule has 0 radical (unpaired) electrons. The SMILES string of the molecule is CC(C)(C)OC(=O)NC[C@@H](F)C[P+](=O)O. The Bertz CT molecular complexity index is 241. The molecular weight excluding hydrogens is 224 g/mol. The maximum atomic E-state index is 12.8. The first kappa shape index (κ1) is 14.3. The molecule has 1 amide bonds. The molecule has 7 heteroatoms. The first-order valence-electron chi connectivity index (χ1n) is 4.45. The zero-order valence-corrected chi connectivity index (χ0v) is 9.88. The third kappa shape index (κ3) is 9.56. The van der Waals surface area contributed by atoms with Crippen LogP contribution in [-0.2, 0) is 9.30 Å². The van der Waals surface area contributed by atoms with E-state index in [-0.39, 0.29) is 6.54 Å². The van der Waals surface area contributed by atoms with Crippen LogP contribution in [0.3, 0.4) is 0 Å². The van der Waals surface area contributed by atoms with Gasteiger partial charge in [0.25, 0.3) is 0 Å². The van der Waals surface area contributed by atoms with Crippen LogP contribution < -0.4 is 5.32 Å². The number of hydrogen-bond acceptors (Lipinski definition) is 3. The minimum Gasteiger partial charge on any atom is -0.444 e. The van der Waals surface area contributed by atoms with Gasteiger partial charge in [-0.2, -0.15) is 4.89 Å². The number of rotatable bonds is 4. The third-order valence-electron chi connectivity index (χ3n) is 1.22. The van der Waals surface area contributed by atoms with Crippen LogP contribution in [0.4, 0.5) is 9.18 Å². The van der Waals surface area contributed by atoms with Crippen molar-refractivity contribution in [3.63, 3.8) is 0 Å². The van der Waals surface area contributed by atoms with Gasteiger partial charge in [-0.15, -0.1) is 0 Å². The van der Waals surface area contributed by atoms with Crippen molar-refractivity contribution in [2.45, 2.75) is 32.5 Å². The van der Waals surface area contributed by atoms with E-state index in [0.717, 1.165) is 0 Å². The second-order valence-electron chi connectivity index (χ2n) is 4.01. The summed E-state index contributed by atoms with van der Waals surface area (Å²) in [7, 11) is -2.51. The minimum atomic E-state index is -2.51. The number of nitrogens with one attached hydrogen (secondary N) is 1. The molecule has 0 saturated heterocycles. The van der Waals surface area contributed by atoms with Gasteiger partial charge in [0.1, 0.15) is 5.60 Å². The normalized spacial score (nSPS) is 14.3. The van der Waals surface area contributed by atoms with Crippen LogP contribution in [0.25, 0.3) is 0 Å². The van der Waals surface area contributed by atoms with Gasteiger partial charge in [-0.1, -0.05) is 0 Å². The van der Waals surface area contributed by atoms with Gasteiger partial charge in [0, 0.05) is 0 Å². The Hall–Kier alpha value is -0.740. The summed E-state index contributed by atoms with van der Waals surface area (Å²) in [6.07, 6.45) is -2.75. The number of alkyl carbamates (subject to hydrolysis) is 1. The maximum absolute atomic E-state index is 12.8. The third-order valence-corrected chi connectivity index (χ3v) is 1.93. The van der Waals surface area contributed by atoms with Crippen LogP contribution in [0.2, 0.25) is 0 Å². The van der Waals surface area contributed by atoms with E-state index in [1.165, 1.54) is 0 Å². The molecule has 88 valence electrons. The highest BCUT2D eigenvalue weighted by Crippen LogP contribution is 2.15. The Morgan fingerprint density at radius 2 is 2.13 bits per heavy atom. The summed E-state index contributed by atoms with van der Waals surface area (Å²) in [6.45, 7) is 4.73. The lowest BCUT2D eigenvalue weighted by Gasteiger charge is -2.19. The van der Waals surface area contributed by atoms with Crippen LogP contribution in [-0.4, -0.2) is 35.5 Å². The average Bonchev–Trinajstić information content (AvgIpc) is 1.96. The molecule has 0 fully saturated rings. The predicted molar refractivity (Wildman–Crippen MR) is 53.8 cm³/mol. The summed E-state index contributed by atoms with van der Waals surface area (Å²) in [5.74, 6) is 0. The summed E-state index contributed by atoms with van der Waals surface area (Å²) in [6, 6.07) is 0. The van der Waals surface area contributed by atoms with Crippen molar-refractivity contribution in [2.75, 3.05) is 12.7 Å². The lowest BCUT2D eigenvalue weighted by molar-refractivity contribution is 0.0515. The van der Waals surface area contributed by atoms with E-state index in [1.807, 2.05) is 0 Å². The summed E-state index contributed by atoms with van der Waals surface area (Å²) in [4.78, 5) is 19.4. The number of ether oxygens (including phenoxy) is 1. The zero-order valence-electron chi connectivity index (χ0n) is 8.99. The lowest BCUT2D eigenvalue weighted by atomic mass is 10.2. The number of amides is 1. The van der Waals surface area contributed by atoms with Crippen molar-refractivity contribution in [3.05, 3.63) is 0 Å². The second-order valence-corrected chi connectivity index (χ2v) is 5.08. The quantitative estimate of drug-likeness (QED) is 0.731. The fourth-order valence-corrected chi connectivity index (χ4v) is 1.21. The van der Waals surface area contributed by atoms with Crippen molar-refractivity contribution in [1.29, 1.82) is 0 Å². The van der Waals surface area contributed by atoms with Crippen molar-refractivity contribution in [3.8, 4) is 0 Å². The van der Waals surface area contributed by atoms with Crippen molar-refractivity contribution in [2.24, 2.45) is 0 Å². The van der Waals surface area contributed by atoms with E-state index in [4.69, 9.17) is 9.63 Å². The van der Waals surface area contributed by atoms with Gasteiger partial charge < -0.3 is 10.1 Å². The smallest absolute Gasteiger partial charge is 0.444 e. The van der Waals surface area contributed by atoms with E-state index in [2.05, 4.69) is 5.32 Å². The summed E-state index contributed by atoms with van der Waals surface area (Å²) < 4.78 is 27.9. The molecule has 2 atom stereocenters. The van der Waals surface area contributed by atoms with E-state index in [0.29, 0.717) is 0 Å². The molecule has 5 nitrogen and oxygen atoms in total. The molecule has 0 rings (SSSR count). The van der Waals surface area contributed by atoms with E-state index in [1.54, 1.807) is 20.8 Å².